The average molecular weight is 205 g/mol. The molecule has 0 saturated carbocycles. The maximum Gasteiger partial charge on any atom is 0.508 e. The van der Waals surface area contributed by atoms with Gasteiger partial charge in [-0.15, -0.1) is 0 Å². The Kier molecular flexibility index (Phi) is 3.68. The minimum absolute atomic E-state index is 0.161. The van der Waals surface area contributed by atoms with Gasteiger partial charge < -0.3 is 19.7 Å². The van der Waals surface area contributed by atoms with Crippen molar-refractivity contribution < 1.29 is 24.5 Å². The highest BCUT2D eigenvalue weighted by atomic mass is 16.8. The summed E-state index contributed by atoms with van der Waals surface area (Å²) in [5.41, 5.74) is 0. The fourth-order valence-corrected chi connectivity index (χ4v) is 1.31. The average Bonchev–Trinajstić information content (AvgIpc) is 2.46. The number of hydrogen-bond donors (Lipinski definition) is 2. The van der Waals surface area contributed by atoms with E-state index in [4.69, 9.17) is 4.74 Å². The van der Waals surface area contributed by atoms with E-state index in [1.54, 1.807) is 0 Å². The molecule has 0 aromatic rings. The summed E-state index contributed by atoms with van der Waals surface area (Å²) in [6.07, 6.45) is -2.72. The molecule has 6 nitrogen and oxygen atoms in total. The highest BCUT2D eigenvalue weighted by Crippen LogP contribution is 2.10. The third-order valence-corrected chi connectivity index (χ3v) is 2.02. The molecule has 2 N–H and O–H groups in total. The standard InChI is InChI=1S/C8H15NO5/c1-5(10)9(6(2)11)3-7-4-13-8(12)14-7/h5-7,10-11H,3-4H2,1-2H3. The minimum atomic E-state index is -0.797. The van der Waals surface area contributed by atoms with Gasteiger partial charge in [0.15, 0.2) is 6.10 Å². The van der Waals surface area contributed by atoms with E-state index in [0.29, 0.717) is 0 Å². The maximum atomic E-state index is 10.6. The van der Waals surface area contributed by atoms with E-state index >= 15 is 0 Å². The highest BCUT2D eigenvalue weighted by molar-refractivity contribution is 5.61. The molecule has 0 aromatic heterocycles. The van der Waals surface area contributed by atoms with Crippen molar-refractivity contribution in [2.75, 3.05) is 13.2 Å². The molecule has 1 aliphatic heterocycles. The number of carbonyl (C=O) groups excluding carboxylic acids is 1. The van der Waals surface area contributed by atoms with E-state index in [2.05, 4.69) is 4.74 Å². The molecule has 3 unspecified atom stereocenters. The summed E-state index contributed by atoms with van der Waals surface area (Å²) < 4.78 is 9.34. The Morgan fingerprint density at radius 1 is 1.50 bits per heavy atom. The smallest absolute Gasteiger partial charge is 0.430 e. The van der Waals surface area contributed by atoms with Crippen molar-refractivity contribution in [1.29, 1.82) is 0 Å². The third kappa shape index (κ3) is 2.83. The van der Waals surface area contributed by atoms with E-state index in [0.717, 1.165) is 0 Å². The summed E-state index contributed by atoms with van der Waals surface area (Å²) in [4.78, 5) is 12.0. The molecule has 1 heterocycles. The minimum Gasteiger partial charge on any atom is -0.430 e. The zero-order chi connectivity index (χ0) is 10.7. The molecule has 0 spiro atoms. The first-order valence-corrected chi connectivity index (χ1v) is 4.46. The third-order valence-electron chi connectivity index (χ3n) is 2.02. The molecule has 0 bridgehead atoms. The molecule has 6 heteroatoms. The van der Waals surface area contributed by atoms with Crippen LogP contribution in [0.3, 0.4) is 0 Å². The van der Waals surface area contributed by atoms with Crippen LogP contribution in [-0.4, -0.2) is 53.0 Å². The van der Waals surface area contributed by atoms with E-state index in [1.807, 2.05) is 0 Å². The van der Waals surface area contributed by atoms with Gasteiger partial charge in [-0.25, -0.2) is 9.69 Å². The lowest BCUT2D eigenvalue weighted by Crippen LogP contribution is -2.45. The molecule has 0 aliphatic carbocycles. The topological polar surface area (TPSA) is 79.2 Å². The van der Waals surface area contributed by atoms with Gasteiger partial charge in [0.05, 0.1) is 0 Å². The Hall–Kier alpha value is -0.850. The molecule has 0 amide bonds. The lowest BCUT2D eigenvalue weighted by Gasteiger charge is -2.29. The number of nitrogens with zero attached hydrogens (tertiary/aromatic N) is 1. The molecule has 14 heavy (non-hydrogen) atoms. The van der Waals surface area contributed by atoms with Gasteiger partial charge in [-0.05, 0) is 13.8 Å². The zero-order valence-corrected chi connectivity index (χ0v) is 8.21. The SMILES string of the molecule is CC(O)N(CC1COC(=O)O1)C(C)O. The number of ether oxygens (including phenoxy) is 2. The molecule has 0 aromatic carbocycles. The molecule has 1 saturated heterocycles. The van der Waals surface area contributed by atoms with Crippen molar-refractivity contribution in [3.8, 4) is 0 Å². The first-order valence-electron chi connectivity index (χ1n) is 4.46. The van der Waals surface area contributed by atoms with Gasteiger partial charge in [-0.2, -0.15) is 0 Å². The second kappa shape index (κ2) is 4.59. The second-order valence-corrected chi connectivity index (χ2v) is 3.26. The van der Waals surface area contributed by atoms with Gasteiger partial charge in [-0.1, -0.05) is 0 Å². The van der Waals surface area contributed by atoms with Crippen molar-refractivity contribution in [3.63, 3.8) is 0 Å². The van der Waals surface area contributed by atoms with Crippen molar-refractivity contribution in [2.45, 2.75) is 32.4 Å². The molecule has 1 aliphatic rings. The Labute approximate surface area is 82.0 Å². The van der Waals surface area contributed by atoms with Crippen LogP contribution in [0.5, 0.6) is 0 Å². The quantitative estimate of drug-likeness (QED) is 0.476. The highest BCUT2D eigenvalue weighted by Gasteiger charge is 2.29. The van der Waals surface area contributed by atoms with Crippen LogP contribution in [0.4, 0.5) is 4.79 Å². The van der Waals surface area contributed by atoms with E-state index in [-0.39, 0.29) is 13.2 Å². The maximum absolute atomic E-state index is 10.6. The summed E-state index contributed by atoms with van der Waals surface area (Å²) >= 11 is 0. The Morgan fingerprint density at radius 3 is 2.43 bits per heavy atom. The zero-order valence-electron chi connectivity index (χ0n) is 8.21. The van der Waals surface area contributed by atoms with Crippen molar-refractivity contribution in [3.05, 3.63) is 0 Å². The van der Waals surface area contributed by atoms with Gasteiger partial charge in [0.1, 0.15) is 19.1 Å². The Balaban J connectivity index is 2.43. The van der Waals surface area contributed by atoms with Gasteiger partial charge in [0.25, 0.3) is 0 Å². The second-order valence-electron chi connectivity index (χ2n) is 3.26. The lowest BCUT2D eigenvalue weighted by atomic mass is 10.3. The van der Waals surface area contributed by atoms with Crippen LogP contribution >= 0.6 is 0 Å². The van der Waals surface area contributed by atoms with Crippen LogP contribution in [0.15, 0.2) is 0 Å². The predicted molar refractivity (Wildman–Crippen MR) is 46.3 cm³/mol. The van der Waals surface area contributed by atoms with E-state index in [1.165, 1.54) is 18.7 Å². The Bertz CT molecular complexity index is 198. The number of aliphatic hydroxyl groups is 2. The fourth-order valence-electron chi connectivity index (χ4n) is 1.31. The van der Waals surface area contributed by atoms with Gasteiger partial charge in [0, 0.05) is 6.54 Å². The number of carbonyl (C=O) groups is 1. The number of cyclic esters (lactones) is 2. The molecular formula is C8H15NO5. The fraction of sp³-hybridized carbons (Fsp3) is 0.875. The summed E-state index contributed by atoms with van der Waals surface area (Å²) in [6.45, 7) is 3.48. The molecule has 1 rings (SSSR count). The number of aliphatic hydroxyl groups excluding tert-OH is 2. The molecule has 0 radical (unpaired) electrons. The van der Waals surface area contributed by atoms with Crippen molar-refractivity contribution >= 4 is 6.16 Å². The van der Waals surface area contributed by atoms with Crippen LogP contribution in [-0.2, 0) is 9.47 Å². The summed E-state index contributed by atoms with van der Waals surface area (Å²) in [5.74, 6) is 0. The van der Waals surface area contributed by atoms with Gasteiger partial charge in [0.2, 0.25) is 0 Å². The Morgan fingerprint density at radius 2 is 2.07 bits per heavy atom. The van der Waals surface area contributed by atoms with E-state index < -0.39 is 24.7 Å². The largest absolute Gasteiger partial charge is 0.508 e. The number of rotatable bonds is 4. The van der Waals surface area contributed by atoms with Gasteiger partial charge in [-0.3, -0.25) is 0 Å². The summed E-state index contributed by atoms with van der Waals surface area (Å²) in [7, 11) is 0. The van der Waals surface area contributed by atoms with Crippen LogP contribution < -0.4 is 0 Å². The number of hydrogen-bond acceptors (Lipinski definition) is 6. The molecule has 1 fully saturated rings. The van der Waals surface area contributed by atoms with Crippen molar-refractivity contribution in [1.82, 2.24) is 4.90 Å². The predicted octanol–water partition coefficient (Wildman–Crippen LogP) is -0.500. The molecule has 3 atom stereocenters. The molecule has 82 valence electrons. The van der Waals surface area contributed by atoms with Crippen LogP contribution in [0.2, 0.25) is 0 Å². The van der Waals surface area contributed by atoms with Gasteiger partial charge >= 0.3 is 6.16 Å². The lowest BCUT2D eigenvalue weighted by molar-refractivity contribution is -0.0973. The normalized spacial score (nSPS) is 25.8. The van der Waals surface area contributed by atoms with Crippen molar-refractivity contribution in [2.24, 2.45) is 0 Å². The monoisotopic (exact) mass is 205 g/mol. The first-order chi connectivity index (χ1) is 6.50. The van der Waals surface area contributed by atoms with Crippen LogP contribution in [0.25, 0.3) is 0 Å². The van der Waals surface area contributed by atoms with Crippen LogP contribution in [0, 0.1) is 0 Å². The molecular weight excluding hydrogens is 190 g/mol. The van der Waals surface area contributed by atoms with E-state index in [9.17, 15) is 15.0 Å². The summed E-state index contributed by atoms with van der Waals surface area (Å²) in [6, 6.07) is 0. The summed E-state index contributed by atoms with van der Waals surface area (Å²) in [5, 5.41) is 18.6. The van der Waals surface area contributed by atoms with Crippen LogP contribution in [0.1, 0.15) is 13.8 Å². The first kappa shape index (κ1) is 11.2.